The first kappa shape index (κ1) is 21.1. The predicted octanol–water partition coefficient (Wildman–Crippen LogP) is 0.503. The van der Waals surface area contributed by atoms with Gasteiger partial charge in [-0.15, -0.1) is 0 Å². The minimum atomic E-state index is -1.97. The van der Waals surface area contributed by atoms with E-state index in [0.717, 1.165) is 20.8 Å². The van der Waals surface area contributed by atoms with Gasteiger partial charge in [-0.05, 0) is 40.8 Å². The maximum absolute atomic E-state index is 12.2. The summed E-state index contributed by atoms with van der Waals surface area (Å²) in [5.41, 5.74) is -1.97. The average Bonchev–Trinajstić information content (AvgIpc) is 2.37. The van der Waals surface area contributed by atoms with Crippen LogP contribution in [0.25, 0.3) is 0 Å². The molecule has 0 saturated heterocycles. The van der Waals surface area contributed by atoms with Gasteiger partial charge in [-0.25, -0.2) is 0 Å². The second-order valence-electron chi connectivity index (χ2n) is 5.55. The quantitative estimate of drug-likeness (QED) is 0.463. The van der Waals surface area contributed by atoms with Crippen molar-refractivity contribution in [2.75, 3.05) is 13.1 Å². The number of hydrogen-bond acceptors (Lipinski definition) is 6. The van der Waals surface area contributed by atoms with Crippen molar-refractivity contribution in [3.8, 4) is 0 Å². The van der Waals surface area contributed by atoms with Crippen LogP contribution in [0, 0.1) is 5.41 Å². The Bertz CT molecular complexity index is 473. The second-order valence-corrected chi connectivity index (χ2v) is 5.55. The number of rotatable bonds is 10. The number of ketones is 4. The summed E-state index contributed by atoms with van der Waals surface area (Å²) in [7, 11) is 0. The lowest BCUT2D eigenvalue weighted by molar-refractivity contribution is -0.153. The molecule has 1 unspecified atom stereocenters. The van der Waals surface area contributed by atoms with Crippen LogP contribution in [0.4, 0.5) is 0 Å². The average molecular weight is 326 g/mol. The lowest BCUT2D eigenvalue weighted by Gasteiger charge is -2.41. The summed E-state index contributed by atoms with van der Waals surface area (Å²) in [6.07, 6.45) is -1.49. The third kappa shape index (κ3) is 4.54. The van der Waals surface area contributed by atoms with Crippen LogP contribution in [-0.2, 0) is 24.0 Å². The Hall–Kier alpha value is -1.89. The van der Waals surface area contributed by atoms with E-state index in [1.165, 1.54) is 6.92 Å². The SMILES string of the molecule is CCN(CC)C(NC(=O)CC(C)=O)C(C(C)=O)(C(C)=O)C(C)=O. The van der Waals surface area contributed by atoms with E-state index in [4.69, 9.17) is 0 Å². The Balaban J connectivity index is 6.10. The van der Waals surface area contributed by atoms with Gasteiger partial charge < -0.3 is 5.32 Å². The van der Waals surface area contributed by atoms with E-state index in [1.807, 2.05) is 0 Å². The molecule has 7 nitrogen and oxygen atoms in total. The van der Waals surface area contributed by atoms with Crippen LogP contribution in [0.15, 0.2) is 0 Å². The number of nitrogens with one attached hydrogen (secondary N) is 1. The zero-order valence-electron chi connectivity index (χ0n) is 14.7. The monoisotopic (exact) mass is 326 g/mol. The second kappa shape index (κ2) is 8.67. The van der Waals surface area contributed by atoms with Gasteiger partial charge in [-0.3, -0.25) is 28.9 Å². The Morgan fingerprint density at radius 2 is 1.26 bits per heavy atom. The van der Waals surface area contributed by atoms with Crippen molar-refractivity contribution < 1.29 is 24.0 Å². The first-order chi connectivity index (χ1) is 10.5. The number of carbonyl (C=O) groups excluding carboxylic acids is 5. The topological polar surface area (TPSA) is 101 Å². The lowest BCUT2D eigenvalue weighted by Crippen LogP contribution is -2.65. The van der Waals surface area contributed by atoms with E-state index in [0.29, 0.717) is 13.1 Å². The van der Waals surface area contributed by atoms with E-state index in [2.05, 4.69) is 5.32 Å². The van der Waals surface area contributed by atoms with E-state index in [9.17, 15) is 24.0 Å². The molecule has 7 heteroatoms. The number of Topliss-reactive ketones (excluding diaryl/α,β-unsaturated/α-hetero) is 4. The van der Waals surface area contributed by atoms with Crippen molar-refractivity contribution in [1.82, 2.24) is 10.2 Å². The van der Waals surface area contributed by atoms with E-state index in [1.54, 1.807) is 18.7 Å². The van der Waals surface area contributed by atoms with Gasteiger partial charge in [-0.1, -0.05) is 13.8 Å². The molecule has 0 bridgehead atoms. The third-order valence-electron chi connectivity index (χ3n) is 3.96. The largest absolute Gasteiger partial charge is 0.338 e. The zero-order valence-corrected chi connectivity index (χ0v) is 14.7. The minimum Gasteiger partial charge on any atom is -0.338 e. The predicted molar refractivity (Wildman–Crippen MR) is 84.6 cm³/mol. The van der Waals surface area contributed by atoms with E-state index >= 15 is 0 Å². The molecule has 0 spiro atoms. The molecular weight excluding hydrogens is 300 g/mol. The summed E-state index contributed by atoms with van der Waals surface area (Å²) in [4.78, 5) is 61.5. The van der Waals surface area contributed by atoms with Crippen molar-refractivity contribution in [2.45, 2.75) is 54.1 Å². The summed E-state index contributed by atoms with van der Waals surface area (Å²) in [6.45, 7) is 9.16. The Kier molecular flexibility index (Phi) is 7.95. The van der Waals surface area contributed by atoms with Gasteiger partial charge in [0.05, 0.1) is 6.42 Å². The van der Waals surface area contributed by atoms with Crippen LogP contribution < -0.4 is 5.32 Å². The molecule has 1 atom stereocenters. The number of nitrogens with zero attached hydrogens (tertiary/aromatic N) is 1. The van der Waals surface area contributed by atoms with Gasteiger partial charge in [0.25, 0.3) is 0 Å². The molecule has 0 fully saturated rings. The molecule has 0 aliphatic carbocycles. The molecule has 0 aliphatic rings. The Morgan fingerprint density at radius 1 is 0.870 bits per heavy atom. The van der Waals surface area contributed by atoms with Gasteiger partial charge in [-0.2, -0.15) is 0 Å². The van der Waals surface area contributed by atoms with Gasteiger partial charge in [0, 0.05) is 0 Å². The molecule has 1 N–H and O–H groups in total. The van der Waals surface area contributed by atoms with Gasteiger partial charge in [0.15, 0.2) is 22.8 Å². The van der Waals surface area contributed by atoms with E-state index in [-0.39, 0.29) is 12.2 Å². The first-order valence-corrected chi connectivity index (χ1v) is 7.61. The van der Waals surface area contributed by atoms with Crippen LogP contribution in [-0.4, -0.2) is 53.2 Å². The highest BCUT2D eigenvalue weighted by Gasteiger charge is 2.54. The van der Waals surface area contributed by atoms with Crippen molar-refractivity contribution >= 4 is 29.0 Å². The fourth-order valence-corrected chi connectivity index (χ4v) is 2.81. The highest BCUT2D eigenvalue weighted by atomic mass is 16.2. The molecule has 0 rings (SSSR count). The van der Waals surface area contributed by atoms with Crippen molar-refractivity contribution in [1.29, 1.82) is 0 Å². The summed E-state index contributed by atoms with van der Waals surface area (Å²) in [5.74, 6) is -2.85. The van der Waals surface area contributed by atoms with Gasteiger partial charge in [0.2, 0.25) is 5.91 Å². The van der Waals surface area contributed by atoms with Crippen LogP contribution in [0.2, 0.25) is 0 Å². The summed E-state index contributed by atoms with van der Waals surface area (Å²) < 4.78 is 0. The third-order valence-corrected chi connectivity index (χ3v) is 3.96. The Morgan fingerprint density at radius 3 is 1.52 bits per heavy atom. The molecule has 0 saturated carbocycles. The van der Waals surface area contributed by atoms with Gasteiger partial charge in [0.1, 0.15) is 11.9 Å². The van der Waals surface area contributed by atoms with Crippen molar-refractivity contribution in [2.24, 2.45) is 5.41 Å². The Labute approximate surface area is 136 Å². The van der Waals surface area contributed by atoms with E-state index < -0.39 is 34.8 Å². The molecule has 23 heavy (non-hydrogen) atoms. The summed E-state index contributed by atoms with van der Waals surface area (Å²) in [6, 6.07) is 0. The number of carbonyl (C=O) groups is 5. The fourth-order valence-electron chi connectivity index (χ4n) is 2.81. The van der Waals surface area contributed by atoms with Crippen LogP contribution in [0.3, 0.4) is 0 Å². The summed E-state index contributed by atoms with van der Waals surface area (Å²) >= 11 is 0. The van der Waals surface area contributed by atoms with Gasteiger partial charge >= 0.3 is 0 Å². The van der Waals surface area contributed by atoms with Crippen LogP contribution in [0.5, 0.6) is 0 Å². The standard InChI is InChI=1S/C16H26N2O5/c1-7-18(8-2)15(17-14(23)9-10(3)19)16(11(4)20,12(5)21)13(6)22/h15H,7-9H2,1-6H3,(H,17,23). The molecule has 0 aromatic heterocycles. The molecule has 0 aliphatic heterocycles. The molecule has 1 amide bonds. The smallest absolute Gasteiger partial charge is 0.228 e. The maximum atomic E-state index is 12.2. The highest BCUT2D eigenvalue weighted by molar-refractivity contribution is 6.23. The number of hydrogen-bond donors (Lipinski definition) is 1. The fraction of sp³-hybridized carbons (Fsp3) is 0.688. The first-order valence-electron chi connectivity index (χ1n) is 7.61. The normalized spacial score (nSPS) is 12.7. The minimum absolute atomic E-state index is 0.347. The van der Waals surface area contributed by atoms with Crippen molar-refractivity contribution in [3.63, 3.8) is 0 Å². The lowest BCUT2D eigenvalue weighted by atomic mass is 9.73. The molecule has 130 valence electrons. The van der Waals surface area contributed by atoms with Crippen LogP contribution in [0.1, 0.15) is 48.0 Å². The molecular formula is C16H26N2O5. The van der Waals surface area contributed by atoms with Crippen LogP contribution >= 0.6 is 0 Å². The maximum Gasteiger partial charge on any atom is 0.228 e. The zero-order chi connectivity index (χ0) is 18.4. The molecule has 0 aromatic carbocycles. The summed E-state index contributed by atoms with van der Waals surface area (Å²) in [5, 5.41) is 2.54. The molecule has 0 radical (unpaired) electrons. The molecule has 0 aromatic rings. The highest BCUT2D eigenvalue weighted by Crippen LogP contribution is 2.29. The molecule has 0 heterocycles. The number of amides is 1. The van der Waals surface area contributed by atoms with Crippen molar-refractivity contribution in [3.05, 3.63) is 0 Å².